The molecule has 5 rings (SSSR count). The van der Waals surface area contributed by atoms with Gasteiger partial charge in [-0.25, -0.2) is 0 Å². The lowest BCUT2D eigenvalue weighted by Crippen LogP contribution is -2.64. The summed E-state index contributed by atoms with van der Waals surface area (Å²) < 4.78 is 31.1. The van der Waals surface area contributed by atoms with Crippen molar-refractivity contribution in [1.82, 2.24) is 0 Å². The van der Waals surface area contributed by atoms with Gasteiger partial charge in [-0.05, 0) is 28.8 Å². The number of para-hydroxylation sites is 1. The third-order valence-corrected chi connectivity index (χ3v) is 6.82. The van der Waals surface area contributed by atoms with Gasteiger partial charge >= 0.3 is 6.04 Å². The van der Waals surface area contributed by atoms with Crippen LogP contribution in [0.5, 0.6) is 5.75 Å². The molecule has 0 N–H and O–H groups in total. The summed E-state index contributed by atoms with van der Waals surface area (Å²) in [6.07, 6.45) is -3.72. The first kappa shape index (κ1) is 28.4. The number of benzene rings is 4. The predicted octanol–water partition coefficient (Wildman–Crippen LogP) is 5.82. The quantitative estimate of drug-likeness (QED) is 0.152. The molecule has 0 aliphatic carbocycles. The monoisotopic (exact) mass is 555 g/mol. The van der Waals surface area contributed by atoms with Gasteiger partial charge in [0.15, 0.2) is 6.10 Å². The third-order valence-electron chi connectivity index (χ3n) is 6.82. The van der Waals surface area contributed by atoms with Gasteiger partial charge in [0.05, 0.1) is 26.4 Å². The number of ether oxygens (including phenoxy) is 5. The van der Waals surface area contributed by atoms with Gasteiger partial charge in [-0.15, -0.1) is 0 Å². The molecule has 0 spiro atoms. The van der Waals surface area contributed by atoms with Crippen LogP contribution in [0.4, 0.5) is 0 Å². The third kappa shape index (κ3) is 7.99. The van der Waals surface area contributed by atoms with Crippen molar-refractivity contribution in [1.29, 1.82) is 0 Å². The molecule has 212 valence electrons. The average molecular weight is 556 g/mol. The molecular weight excluding hydrogens is 522 g/mol. The first-order chi connectivity index (χ1) is 20.2. The Balaban J connectivity index is 1.43. The fourth-order valence-electron chi connectivity index (χ4n) is 4.77. The molecule has 8 nitrogen and oxygen atoms in total. The van der Waals surface area contributed by atoms with Crippen molar-refractivity contribution in [2.75, 3.05) is 6.61 Å². The molecule has 41 heavy (non-hydrogen) atoms. The lowest BCUT2D eigenvalue weighted by atomic mass is 9.96. The Labute approximate surface area is 239 Å². The van der Waals surface area contributed by atoms with Gasteiger partial charge in [0, 0.05) is 4.92 Å². The molecule has 0 amide bonds. The molecule has 0 saturated carbocycles. The zero-order valence-corrected chi connectivity index (χ0v) is 22.6. The molecule has 1 aliphatic rings. The Kier molecular flexibility index (Phi) is 10.1. The molecule has 1 aliphatic heterocycles. The van der Waals surface area contributed by atoms with E-state index in [1.807, 2.05) is 97.1 Å². The second-order valence-corrected chi connectivity index (χ2v) is 9.77. The molecule has 1 heterocycles. The van der Waals surface area contributed by atoms with Crippen LogP contribution in [0.1, 0.15) is 16.7 Å². The summed E-state index contributed by atoms with van der Waals surface area (Å²) in [5.41, 5.74) is 2.82. The minimum Gasteiger partial charge on any atom is -0.457 e. The van der Waals surface area contributed by atoms with E-state index >= 15 is 0 Å². The van der Waals surface area contributed by atoms with Crippen LogP contribution in [-0.2, 0) is 38.8 Å². The van der Waals surface area contributed by atoms with E-state index in [1.165, 1.54) is 0 Å². The Morgan fingerprint density at radius 2 is 1.10 bits per heavy atom. The van der Waals surface area contributed by atoms with Gasteiger partial charge in [0.1, 0.15) is 18.0 Å². The molecule has 0 unspecified atom stereocenters. The van der Waals surface area contributed by atoms with Crippen LogP contribution < -0.4 is 4.74 Å². The summed E-state index contributed by atoms with van der Waals surface area (Å²) in [4.78, 5) is 12.2. The van der Waals surface area contributed by atoms with Gasteiger partial charge in [-0.3, -0.25) is 10.1 Å². The molecule has 0 radical (unpaired) electrons. The lowest BCUT2D eigenvalue weighted by Gasteiger charge is -2.42. The highest BCUT2D eigenvalue weighted by molar-refractivity contribution is 5.21. The van der Waals surface area contributed by atoms with Gasteiger partial charge < -0.3 is 23.7 Å². The van der Waals surface area contributed by atoms with Gasteiger partial charge in [0.2, 0.25) is 0 Å². The zero-order chi connectivity index (χ0) is 28.3. The number of nitrogens with zero attached hydrogens (tertiary/aromatic N) is 1. The molecule has 0 bridgehead atoms. The summed E-state index contributed by atoms with van der Waals surface area (Å²) in [5.74, 6) is 0.457. The Bertz CT molecular complexity index is 1330. The molecule has 0 aromatic heterocycles. The molecule has 5 atom stereocenters. The SMILES string of the molecule is O=[N+]([O-])[C@H]1[C@H](Oc2ccccc2)O[C@H](COCc2ccccc2)[C@H](OCc2ccccc2)[C@@H]1OCc1ccccc1. The fraction of sp³-hybridized carbons (Fsp3) is 0.273. The average Bonchev–Trinajstić information content (AvgIpc) is 3.01. The minimum atomic E-state index is -1.36. The summed E-state index contributed by atoms with van der Waals surface area (Å²) in [7, 11) is 0. The minimum absolute atomic E-state index is 0.124. The molecule has 8 heteroatoms. The molecule has 4 aromatic rings. The maximum Gasteiger partial charge on any atom is 0.302 e. The highest BCUT2D eigenvalue weighted by atomic mass is 16.7. The summed E-state index contributed by atoms with van der Waals surface area (Å²) >= 11 is 0. The van der Waals surface area contributed by atoms with Gasteiger partial charge in [-0.1, -0.05) is 109 Å². The number of hydrogen-bond acceptors (Lipinski definition) is 7. The van der Waals surface area contributed by atoms with Crippen molar-refractivity contribution in [2.24, 2.45) is 0 Å². The summed E-state index contributed by atoms with van der Waals surface area (Å²) in [5, 5.41) is 12.6. The summed E-state index contributed by atoms with van der Waals surface area (Å²) in [6.45, 7) is 0.865. The molecule has 4 aromatic carbocycles. The van der Waals surface area contributed by atoms with Crippen LogP contribution >= 0.6 is 0 Å². The fourth-order valence-corrected chi connectivity index (χ4v) is 4.77. The van der Waals surface area contributed by atoms with Crippen molar-refractivity contribution < 1.29 is 28.6 Å². The van der Waals surface area contributed by atoms with Crippen molar-refractivity contribution in [3.8, 4) is 5.75 Å². The van der Waals surface area contributed by atoms with Crippen molar-refractivity contribution in [2.45, 2.75) is 50.5 Å². The van der Waals surface area contributed by atoms with Crippen LogP contribution in [0.15, 0.2) is 121 Å². The van der Waals surface area contributed by atoms with Crippen LogP contribution in [-0.4, -0.2) is 42.2 Å². The topological polar surface area (TPSA) is 89.3 Å². The van der Waals surface area contributed by atoms with Crippen LogP contribution in [0.25, 0.3) is 0 Å². The Hall–Kier alpha value is -4.08. The highest BCUT2D eigenvalue weighted by Gasteiger charge is 2.55. The second-order valence-electron chi connectivity index (χ2n) is 9.77. The maximum absolute atomic E-state index is 12.6. The van der Waals surface area contributed by atoms with Crippen molar-refractivity contribution in [3.05, 3.63) is 148 Å². The van der Waals surface area contributed by atoms with E-state index in [4.69, 9.17) is 23.7 Å². The first-order valence-corrected chi connectivity index (χ1v) is 13.6. The van der Waals surface area contributed by atoms with E-state index in [-0.39, 0.29) is 19.8 Å². The van der Waals surface area contributed by atoms with E-state index < -0.39 is 35.6 Å². The largest absolute Gasteiger partial charge is 0.457 e. The van der Waals surface area contributed by atoms with E-state index in [9.17, 15) is 10.1 Å². The van der Waals surface area contributed by atoms with Crippen LogP contribution in [0.3, 0.4) is 0 Å². The summed E-state index contributed by atoms with van der Waals surface area (Å²) in [6, 6.07) is 36.5. The zero-order valence-electron chi connectivity index (χ0n) is 22.6. The number of hydrogen-bond donors (Lipinski definition) is 0. The van der Waals surface area contributed by atoms with Gasteiger partial charge in [-0.2, -0.15) is 0 Å². The van der Waals surface area contributed by atoms with E-state index in [0.29, 0.717) is 12.4 Å². The van der Waals surface area contributed by atoms with E-state index in [1.54, 1.807) is 24.3 Å². The lowest BCUT2D eigenvalue weighted by molar-refractivity contribution is -0.572. The number of nitro groups is 1. The maximum atomic E-state index is 12.6. The van der Waals surface area contributed by atoms with Gasteiger partial charge in [0.25, 0.3) is 6.29 Å². The number of rotatable bonds is 13. The Morgan fingerprint density at radius 3 is 1.61 bits per heavy atom. The Morgan fingerprint density at radius 1 is 0.634 bits per heavy atom. The van der Waals surface area contributed by atoms with Crippen molar-refractivity contribution in [3.63, 3.8) is 0 Å². The highest BCUT2D eigenvalue weighted by Crippen LogP contribution is 2.31. The first-order valence-electron chi connectivity index (χ1n) is 13.6. The van der Waals surface area contributed by atoms with Crippen LogP contribution in [0, 0.1) is 10.1 Å². The second kappa shape index (κ2) is 14.5. The molecule has 1 saturated heterocycles. The molecular formula is C33H33NO7. The molecule has 1 fully saturated rings. The van der Waals surface area contributed by atoms with Crippen molar-refractivity contribution >= 4 is 0 Å². The predicted molar refractivity (Wildman–Crippen MR) is 153 cm³/mol. The van der Waals surface area contributed by atoms with E-state index in [2.05, 4.69) is 0 Å². The standard InChI is InChI=1S/C33H33NO7/c35-34(36)30-32(39-23-27-17-9-3-10-18-27)31(38-22-26-15-7-2-8-16-26)29(24-37-21-25-13-5-1-6-14-25)41-33(30)40-28-19-11-4-12-20-28/h1-20,29-33H,21-24H2/t29-,30-,31+,32-,33-/m1/s1. The van der Waals surface area contributed by atoms with E-state index in [0.717, 1.165) is 16.7 Å². The smallest absolute Gasteiger partial charge is 0.302 e. The normalized spacial score (nSPS) is 22.2. The van der Waals surface area contributed by atoms with Crippen LogP contribution in [0.2, 0.25) is 0 Å².